The number of rotatable bonds is 3. The lowest BCUT2D eigenvalue weighted by atomic mass is 10.0. The molecule has 1 aliphatic carbocycles. The van der Waals surface area contributed by atoms with Gasteiger partial charge in [-0.1, -0.05) is 0 Å². The Morgan fingerprint density at radius 2 is 2.00 bits per heavy atom. The fraction of sp³-hybridized carbons (Fsp3) is 0.611. The van der Waals surface area contributed by atoms with E-state index in [1.165, 1.54) is 25.0 Å². The van der Waals surface area contributed by atoms with Crippen molar-refractivity contribution >= 4 is 11.6 Å². The molecule has 2 heterocycles. The number of anilines is 1. The molecule has 0 radical (unpaired) electrons. The van der Waals surface area contributed by atoms with Crippen molar-refractivity contribution in [3.63, 3.8) is 0 Å². The molecule has 3 fully saturated rings. The highest BCUT2D eigenvalue weighted by molar-refractivity contribution is 5.95. The first-order valence-electron chi connectivity index (χ1n) is 8.64. The molecule has 1 atom stereocenters. The van der Waals surface area contributed by atoms with Gasteiger partial charge in [-0.2, -0.15) is 0 Å². The van der Waals surface area contributed by atoms with E-state index in [1.807, 2.05) is 0 Å². The highest BCUT2D eigenvalue weighted by Gasteiger charge is 2.44. The van der Waals surface area contributed by atoms with Crippen LogP contribution in [0.15, 0.2) is 24.3 Å². The van der Waals surface area contributed by atoms with E-state index in [2.05, 4.69) is 4.90 Å². The molecule has 24 heavy (non-hydrogen) atoms. The number of benzene rings is 1. The SMILES string of the molecule is O=C1CO[C@]2(COCCN(CC3CC3)C2)CN1c1ccc(F)cc1. The van der Waals surface area contributed by atoms with Crippen LogP contribution >= 0.6 is 0 Å². The van der Waals surface area contributed by atoms with E-state index in [1.54, 1.807) is 17.0 Å². The van der Waals surface area contributed by atoms with Crippen molar-refractivity contribution in [2.75, 3.05) is 50.9 Å². The summed E-state index contributed by atoms with van der Waals surface area (Å²) in [7, 11) is 0. The van der Waals surface area contributed by atoms with Crippen molar-refractivity contribution in [1.29, 1.82) is 0 Å². The Balaban J connectivity index is 1.52. The second-order valence-corrected chi connectivity index (χ2v) is 7.16. The van der Waals surface area contributed by atoms with E-state index in [0.29, 0.717) is 25.4 Å². The monoisotopic (exact) mass is 334 g/mol. The van der Waals surface area contributed by atoms with Crippen LogP contribution in [-0.2, 0) is 14.3 Å². The molecule has 3 aliphatic rings. The van der Waals surface area contributed by atoms with Crippen LogP contribution in [0.25, 0.3) is 0 Å². The minimum atomic E-state index is -0.506. The van der Waals surface area contributed by atoms with Gasteiger partial charge in [0.2, 0.25) is 0 Å². The van der Waals surface area contributed by atoms with E-state index < -0.39 is 5.60 Å². The largest absolute Gasteiger partial charge is 0.377 e. The zero-order valence-corrected chi connectivity index (χ0v) is 13.7. The first-order valence-corrected chi connectivity index (χ1v) is 8.64. The molecule has 0 bridgehead atoms. The Bertz CT molecular complexity index is 605. The summed E-state index contributed by atoms with van der Waals surface area (Å²) in [6.45, 7) is 4.43. The van der Waals surface area contributed by atoms with Crippen molar-refractivity contribution in [2.45, 2.75) is 18.4 Å². The zero-order valence-electron chi connectivity index (χ0n) is 13.7. The number of carbonyl (C=O) groups is 1. The molecular formula is C18H23FN2O3. The number of morpholine rings is 1. The number of nitrogens with zero attached hydrogens (tertiary/aromatic N) is 2. The molecule has 5 nitrogen and oxygen atoms in total. The number of halogens is 1. The quantitative estimate of drug-likeness (QED) is 0.843. The Hall–Kier alpha value is -1.50. The van der Waals surface area contributed by atoms with E-state index in [0.717, 1.165) is 25.6 Å². The van der Waals surface area contributed by atoms with Gasteiger partial charge in [0, 0.05) is 25.3 Å². The average Bonchev–Trinajstić information content (AvgIpc) is 3.40. The van der Waals surface area contributed by atoms with E-state index in [4.69, 9.17) is 9.47 Å². The van der Waals surface area contributed by atoms with Gasteiger partial charge in [0.1, 0.15) is 18.0 Å². The molecule has 130 valence electrons. The Morgan fingerprint density at radius 3 is 2.75 bits per heavy atom. The third-order valence-electron chi connectivity index (χ3n) is 5.03. The third kappa shape index (κ3) is 3.45. The number of hydrogen-bond acceptors (Lipinski definition) is 4. The predicted octanol–water partition coefficient (Wildman–Crippen LogP) is 1.67. The smallest absolute Gasteiger partial charge is 0.253 e. The maximum atomic E-state index is 13.2. The summed E-state index contributed by atoms with van der Waals surface area (Å²) in [5.41, 5.74) is 0.204. The van der Waals surface area contributed by atoms with Crippen molar-refractivity contribution in [1.82, 2.24) is 4.90 Å². The molecule has 2 saturated heterocycles. The summed E-state index contributed by atoms with van der Waals surface area (Å²) in [6.07, 6.45) is 2.62. The summed E-state index contributed by atoms with van der Waals surface area (Å²) < 4.78 is 24.9. The van der Waals surface area contributed by atoms with Crippen LogP contribution in [0.2, 0.25) is 0 Å². The molecule has 0 N–H and O–H groups in total. The van der Waals surface area contributed by atoms with Crippen LogP contribution in [0.3, 0.4) is 0 Å². The van der Waals surface area contributed by atoms with Crippen LogP contribution < -0.4 is 4.90 Å². The average molecular weight is 334 g/mol. The van der Waals surface area contributed by atoms with Crippen LogP contribution in [0.1, 0.15) is 12.8 Å². The van der Waals surface area contributed by atoms with Gasteiger partial charge in [-0.25, -0.2) is 4.39 Å². The highest BCUT2D eigenvalue weighted by atomic mass is 19.1. The van der Waals surface area contributed by atoms with Gasteiger partial charge in [0.05, 0.1) is 19.8 Å². The molecule has 1 aromatic rings. The molecule has 2 aliphatic heterocycles. The summed E-state index contributed by atoms with van der Waals surface area (Å²) in [6, 6.07) is 6.05. The fourth-order valence-electron chi connectivity index (χ4n) is 3.56. The van der Waals surface area contributed by atoms with Crippen molar-refractivity contribution in [3.8, 4) is 0 Å². The molecular weight excluding hydrogens is 311 g/mol. The molecule has 1 aromatic carbocycles. The number of ether oxygens (including phenoxy) is 2. The maximum absolute atomic E-state index is 13.2. The summed E-state index contributed by atoms with van der Waals surface area (Å²) in [4.78, 5) is 16.4. The zero-order chi connectivity index (χ0) is 16.6. The first-order chi connectivity index (χ1) is 11.6. The summed E-state index contributed by atoms with van der Waals surface area (Å²) >= 11 is 0. The normalized spacial score (nSPS) is 29.0. The number of carbonyl (C=O) groups excluding carboxylic acids is 1. The van der Waals surface area contributed by atoms with Gasteiger partial charge in [0.15, 0.2) is 0 Å². The van der Waals surface area contributed by atoms with Crippen LogP contribution in [0, 0.1) is 11.7 Å². The van der Waals surface area contributed by atoms with Crippen LogP contribution in [0.4, 0.5) is 10.1 Å². The van der Waals surface area contributed by atoms with Gasteiger partial charge < -0.3 is 14.4 Å². The predicted molar refractivity (Wildman–Crippen MR) is 87.4 cm³/mol. The van der Waals surface area contributed by atoms with Gasteiger partial charge in [-0.05, 0) is 43.0 Å². The number of amides is 1. The minimum absolute atomic E-state index is 0.0397. The Labute approximate surface area is 141 Å². The molecule has 1 amide bonds. The summed E-state index contributed by atoms with van der Waals surface area (Å²) in [5.74, 6) is 0.409. The fourth-order valence-corrected chi connectivity index (χ4v) is 3.56. The molecule has 0 aromatic heterocycles. The molecule has 4 rings (SSSR count). The molecule has 1 saturated carbocycles. The second-order valence-electron chi connectivity index (χ2n) is 7.16. The molecule has 1 spiro atoms. The van der Waals surface area contributed by atoms with Crippen molar-refractivity contribution < 1.29 is 18.7 Å². The third-order valence-corrected chi connectivity index (χ3v) is 5.03. The van der Waals surface area contributed by atoms with Crippen LogP contribution in [-0.4, -0.2) is 62.4 Å². The van der Waals surface area contributed by atoms with E-state index in [9.17, 15) is 9.18 Å². The minimum Gasteiger partial charge on any atom is -0.377 e. The molecule has 6 heteroatoms. The molecule has 0 unspecified atom stereocenters. The highest BCUT2D eigenvalue weighted by Crippen LogP contribution is 2.32. The lowest BCUT2D eigenvalue weighted by Gasteiger charge is -2.43. The second kappa shape index (κ2) is 6.43. The van der Waals surface area contributed by atoms with Gasteiger partial charge in [-0.15, -0.1) is 0 Å². The van der Waals surface area contributed by atoms with Crippen molar-refractivity contribution in [2.24, 2.45) is 5.92 Å². The summed E-state index contributed by atoms with van der Waals surface area (Å²) in [5, 5.41) is 0. The van der Waals surface area contributed by atoms with Crippen LogP contribution in [0.5, 0.6) is 0 Å². The van der Waals surface area contributed by atoms with Gasteiger partial charge in [-0.3, -0.25) is 9.69 Å². The van der Waals surface area contributed by atoms with Crippen molar-refractivity contribution in [3.05, 3.63) is 30.1 Å². The topological polar surface area (TPSA) is 42.0 Å². The lowest BCUT2D eigenvalue weighted by Crippen LogP contribution is -2.61. The lowest BCUT2D eigenvalue weighted by molar-refractivity contribution is -0.146. The standard InChI is InChI=1S/C18H23FN2O3/c19-15-3-5-16(6-4-15)21-12-18(24-10-17(21)22)11-20(7-8-23-13-18)9-14-1-2-14/h3-6,14H,1-2,7-13H2/t18-/m0/s1. The van der Waals surface area contributed by atoms with Gasteiger partial charge >= 0.3 is 0 Å². The first kappa shape index (κ1) is 16.0. The Morgan fingerprint density at radius 1 is 1.21 bits per heavy atom. The maximum Gasteiger partial charge on any atom is 0.253 e. The van der Waals surface area contributed by atoms with E-state index >= 15 is 0 Å². The van der Waals surface area contributed by atoms with Gasteiger partial charge in [0.25, 0.3) is 5.91 Å². The Kier molecular flexibility index (Phi) is 4.28. The number of hydrogen-bond donors (Lipinski definition) is 0. The van der Waals surface area contributed by atoms with E-state index in [-0.39, 0.29) is 18.3 Å².